The molecule has 0 heterocycles. The molecule has 0 fully saturated rings. The van der Waals surface area contributed by atoms with E-state index < -0.39 is 0 Å². The van der Waals surface area contributed by atoms with Gasteiger partial charge in [0.2, 0.25) is 0 Å². The fourth-order valence-electron chi connectivity index (χ4n) is 1.54. The topological polar surface area (TPSA) is 0 Å². The fourth-order valence-corrected chi connectivity index (χ4v) is 3.05. The summed E-state index contributed by atoms with van der Waals surface area (Å²) in [5.41, 5.74) is 0. The monoisotopic (exact) mass is 248 g/mol. The molecule has 0 nitrogen and oxygen atoms in total. The fraction of sp³-hybridized carbons (Fsp3) is 1.00. The second-order valence-corrected chi connectivity index (χ2v) is 6.29. The van der Waals surface area contributed by atoms with Gasteiger partial charge in [0.15, 0.2) is 0 Å². The predicted molar refractivity (Wildman–Crippen MR) is 78.3 cm³/mol. The molecule has 92 valence electrons. The van der Waals surface area contributed by atoms with Crippen LogP contribution in [0.3, 0.4) is 0 Å². The van der Waals surface area contributed by atoms with Crippen LogP contribution in [0.15, 0.2) is 0 Å². The van der Waals surface area contributed by atoms with Crippen molar-refractivity contribution in [1.29, 1.82) is 0 Å². The Morgan fingerprint density at radius 2 is 1.20 bits per heavy atom. The maximum absolute atomic E-state index is 2.28. The summed E-state index contributed by atoms with van der Waals surface area (Å²) in [5, 5.41) is 0. The Morgan fingerprint density at radius 3 is 1.87 bits per heavy atom. The van der Waals surface area contributed by atoms with Crippen molar-refractivity contribution in [3.63, 3.8) is 0 Å². The SMILES string of the molecule is CCCCCCCCSCCCCSC. The van der Waals surface area contributed by atoms with Gasteiger partial charge in [0.25, 0.3) is 0 Å². The average Bonchev–Trinajstić information content (AvgIpc) is 2.26. The molecule has 0 aliphatic rings. The summed E-state index contributed by atoms with van der Waals surface area (Å²) in [4.78, 5) is 0. The quantitative estimate of drug-likeness (QED) is 0.434. The van der Waals surface area contributed by atoms with Gasteiger partial charge in [0, 0.05) is 0 Å². The minimum absolute atomic E-state index is 1.34. The van der Waals surface area contributed by atoms with E-state index in [-0.39, 0.29) is 0 Å². The highest BCUT2D eigenvalue weighted by Gasteiger charge is 1.92. The third kappa shape index (κ3) is 14.7. The Morgan fingerprint density at radius 1 is 0.667 bits per heavy atom. The van der Waals surface area contributed by atoms with Gasteiger partial charge in [-0.05, 0) is 42.8 Å². The summed E-state index contributed by atoms with van der Waals surface area (Å²) in [6.45, 7) is 2.28. The van der Waals surface area contributed by atoms with Crippen LogP contribution < -0.4 is 0 Å². The highest BCUT2D eigenvalue weighted by atomic mass is 32.2. The molecule has 0 saturated carbocycles. The second kappa shape index (κ2) is 14.7. The van der Waals surface area contributed by atoms with Gasteiger partial charge in [0.05, 0.1) is 0 Å². The van der Waals surface area contributed by atoms with Crippen molar-refractivity contribution in [2.45, 2.75) is 58.3 Å². The van der Waals surface area contributed by atoms with Gasteiger partial charge in [-0.15, -0.1) is 0 Å². The summed E-state index contributed by atoms with van der Waals surface area (Å²) < 4.78 is 0. The first-order chi connectivity index (χ1) is 7.41. The second-order valence-electron chi connectivity index (χ2n) is 4.08. The van der Waals surface area contributed by atoms with Gasteiger partial charge < -0.3 is 0 Å². The number of hydrogen-bond donors (Lipinski definition) is 0. The van der Waals surface area contributed by atoms with Crippen LogP contribution >= 0.6 is 23.5 Å². The molecule has 0 amide bonds. The van der Waals surface area contributed by atoms with Crippen LogP contribution in [0.2, 0.25) is 0 Å². The number of thioether (sulfide) groups is 2. The third-order valence-corrected chi connectivity index (χ3v) is 4.38. The Labute approximate surface area is 105 Å². The lowest BCUT2D eigenvalue weighted by molar-refractivity contribution is 0.627. The van der Waals surface area contributed by atoms with Crippen LogP contribution in [-0.2, 0) is 0 Å². The van der Waals surface area contributed by atoms with Gasteiger partial charge in [-0.3, -0.25) is 0 Å². The first kappa shape index (κ1) is 15.7. The smallest absolute Gasteiger partial charge is 0.00672 e. The predicted octanol–water partition coefficient (Wildman–Crippen LogP) is 5.22. The Kier molecular flexibility index (Phi) is 15.4. The highest BCUT2D eigenvalue weighted by Crippen LogP contribution is 2.11. The van der Waals surface area contributed by atoms with E-state index >= 15 is 0 Å². The molecular formula is C13H28S2. The molecule has 0 N–H and O–H groups in total. The maximum Gasteiger partial charge on any atom is -0.00672 e. The third-order valence-electron chi connectivity index (χ3n) is 2.53. The molecule has 0 aliphatic carbocycles. The van der Waals surface area contributed by atoms with Crippen molar-refractivity contribution in [1.82, 2.24) is 0 Å². The van der Waals surface area contributed by atoms with Crippen molar-refractivity contribution in [2.24, 2.45) is 0 Å². The molecule has 0 atom stereocenters. The molecule has 0 rings (SSSR count). The van der Waals surface area contributed by atoms with Gasteiger partial charge >= 0.3 is 0 Å². The molecular weight excluding hydrogens is 220 g/mol. The van der Waals surface area contributed by atoms with Crippen LogP contribution in [-0.4, -0.2) is 23.5 Å². The summed E-state index contributed by atoms with van der Waals surface area (Å²) in [5.74, 6) is 4.12. The van der Waals surface area contributed by atoms with Crippen molar-refractivity contribution in [3.8, 4) is 0 Å². The summed E-state index contributed by atoms with van der Waals surface area (Å²) >= 11 is 4.13. The molecule has 0 aromatic rings. The van der Waals surface area contributed by atoms with Crippen molar-refractivity contribution in [2.75, 3.05) is 23.5 Å². The lowest BCUT2D eigenvalue weighted by Gasteiger charge is -2.01. The standard InChI is InChI=1S/C13H28S2/c1-3-4-5-6-7-8-12-15-13-10-9-11-14-2/h3-13H2,1-2H3. The van der Waals surface area contributed by atoms with Gasteiger partial charge in [-0.2, -0.15) is 23.5 Å². The summed E-state index contributed by atoms with van der Waals surface area (Å²) in [6.07, 6.45) is 13.6. The van der Waals surface area contributed by atoms with Crippen LogP contribution in [0.5, 0.6) is 0 Å². The van der Waals surface area contributed by atoms with E-state index in [2.05, 4.69) is 24.9 Å². The molecule has 0 aromatic heterocycles. The number of hydrogen-bond acceptors (Lipinski definition) is 2. The summed E-state index contributed by atoms with van der Waals surface area (Å²) in [7, 11) is 0. The molecule has 15 heavy (non-hydrogen) atoms. The minimum atomic E-state index is 1.34. The largest absolute Gasteiger partial charge is 0.165 e. The Hall–Kier alpha value is 0.700. The van der Waals surface area contributed by atoms with Crippen molar-refractivity contribution in [3.05, 3.63) is 0 Å². The molecule has 0 radical (unpaired) electrons. The highest BCUT2D eigenvalue weighted by molar-refractivity contribution is 7.99. The lowest BCUT2D eigenvalue weighted by atomic mass is 10.1. The Balaban J connectivity index is 2.81. The molecule has 2 heteroatoms. The molecule has 0 saturated heterocycles. The number of unbranched alkanes of at least 4 members (excludes halogenated alkanes) is 6. The first-order valence-electron chi connectivity index (χ1n) is 6.48. The molecule has 0 spiro atoms. The summed E-state index contributed by atoms with van der Waals surface area (Å²) in [6, 6.07) is 0. The lowest BCUT2D eigenvalue weighted by Crippen LogP contribution is -1.87. The average molecular weight is 249 g/mol. The molecule has 0 aromatic carbocycles. The normalized spacial score (nSPS) is 10.8. The van der Waals surface area contributed by atoms with Crippen LogP contribution in [0.25, 0.3) is 0 Å². The molecule has 0 aliphatic heterocycles. The van der Waals surface area contributed by atoms with Crippen molar-refractivity contribution < 1.29 is 0 Å². The van der Waals surface area contributed by atoms with Gasteiger partial charge in [-0.25, -0.2) is 0 Å². The van der Waals surface area contributed by atoms with Crippen LogP contribution in [0.4, 0.5) is 0 Å². The molecule has 0 unspecified atom stereocenters. The van der Waals surface area contributed by atoms with Gasteiger partial charge in [0.1, 0.15) is 0 Å². The minimum Gasteiger partial charge on any atom is -0.165 e. The van der Waals surface area contributed by atoms with E-state index in [1.165, 1.54) is 68.6 Å². The van der Waals surface area contributed by atoms with E-state index in [1.807, 2.05) is 11.8 Å². The van der Waals surface area contributed by atoms with Crippen molar-refractivity contribution >= 4 is 23.5 Å². The van der Waals surface area contributed by atoms with E-state index in [0.717, 1.165) is 0 Å². The first-order valence-corrected chi connectivity index (χ1v) is 9.03. The van der Waals surface area contributed by atoms with Crippen LogP contribution in [0.1, 0.15) is 58.3 Å². The molecule has 0 bridgehead atoms. The van der Waals surface area contributed by atoms with Gasteiger partial charge in [-0.1, -0.05) is 39.0 Å². The Bertz CT molecular complexity index is 92.7. The van der Waals surface area contributed by atoms with E-state index in [1.54, 1.807) is 0 Å². The van der Waals surface area contributed by atoms with E-state index in [0.29, 0.717) is 0 Å². The zero-order valence-electron chi connectivity index (χ0n) is 10.6. The van der Waals surface area contributed by atoms with Crippen LogP contribution in [0, 0.1) is 0 Å². The zero-order chi connectivity index (χ0) is 11.2. The van der Waals surface area contributed by atoms with E-state index in [9.17, 15) is 0 Å². The number of rotatable bonds is 12. The zero-order valence-corrected chi connectivity index (χ0v) is 12.2. The maximum atomic E-state index is 2.28. The van der Waals surface area contributed by atoms with E-state index in [4.69, 9.17) is 0 Å².